The molecule has 0 saturated heterocycles. The summed E-state index contributed by atoms with van der Waals surface area (Å²) in [6, 6.07) is 3.59. The molecule has 0 saturated carbocycles. The fourth-order valence-electron chi connectivity index (χ4n) is 1.37. The van der Waals surface area contributed by atoms with Crippen LogP contribution in [-0.2, 0) is 0 Å². The molecule has 5 heteroatoms. The van der Waals surface area contributed by atoms with E-state index in [0.29, 0.717) is 18.2 Å². The van der Waals surface area contributed by atoms with Gasteiger partial charge in [0.2, 0.25) is 5.95 Å². The Balaban J connectivity index is 2.81. The zero-order valence-corrected chi connectivity index (χ0v) is 9.94. The van der Waals surface area contributed by atoms with Crippen LogP contribution in [0.5, 0.6) is 0 Å². The molecule has 1 heterocycles. The topological polar surface area (TPSA) is 78.8 Å². The fraction of sp³-hybridized carbons (Fsp3) is 0.545. The fourth-order valence-corrected chi connectivity index (χ4v) is 1.37. The van der Waals surface area contributed by atoms with E-state index in [1.807, 2.05) is 18.0 Å². The molecule has 1 aromatic rings. The second-order valence-electron chi connectivity index (χ2n) is 4.58. The van der Waals surface area contributed by atoms with E-state index in [-0.39, 0.29) is 5.41 Å². The number of hydrogen-bond acceptors (Lipinski definition) is 5. The second-order valence-corrected chi connectivity index (χ2v) is 4.58. The third kappa shape index (κ3) is 3.17. The lowest BCUT2D eigenvalue weighted by molar-refractivity contribution is 0.383. The van der Waals surface area contributed by atoms with Gasteiger partial charge in [-0.1, -0.05) is 13.8 Å². The van der Waals surface area contributed by atoms with Crippen LogP contribution < -0.4 is 10.6 Å². The van der Waals surface area contributed by atoms with E-state index in [0.717, 1.165) is 6.54 Å². The standard InChI is InChI=1S/C11H17N5/c1-11(2,7-13)8-16(3)10-14-5-4-9(6-12)15-10/h4-5H,7-8,13H2,1-3H3. The summed E-state index contributed by atoms with van der Waals surface area (Å²) in [4.78, 5) is 10.2. The molecule has 0 spiro atoms. The van der Waals surface area contributed by atoms with Crippen molar-refractivity contribution >= 4 is 5.95 Å². The van der Waals surface area contributed by atoms with E-state index < -0.39 is 0 Å². The van der Waals surface area contributed by atoms with Gasteiger partial charge in [0, 0.05) is 19.8 Å². The number of nitrogens with two attached hydrogens (primary N) is 1. The maximum Gasteiger partial charge on any atom is 0.226 e. The Hall–Kier alpha value is -1.67. The average Bonchev–Trinajstić information content (AvgIpc) is 2.28. The molecule has 0 radical (unpaired) electrons. The van der Waals surface area contributed by atoms with Crippen LogP contribution >= 0.6 is 0 Å². The van der Waals surface area contributed by atoms with Crippen molar-refractivity contribution in [1.82, 2.24) is 9.97 Å². The van der Waals surface area contributed by atoms with E-state index >= 15 is 0 Å². The van der Waals surface area contributed by atoms with Crippen LogP contribution in [0.3, 0.4) is 0 Å². The smallest absolute Gasteiger partial charge is 0.226 e. The first-order valence-corrected chi connectivity index (χ1v) is 5.13. The van der Waals surface area contributed by atoms with Gasteiger partial charge >= 0.3 is 0 Å². The third-order valence-corrected chi connectivity index (χ3v) is 2.32. The molecule has 0 aromatic carbocycles. The Labute approximate surface area is 95.9 Å². The molecule has 0 aliphatic rings. The summed E-state index contributed by atoms with van der Waals surface area (Å²) in [6.07, 6.45) is 1.59. The predicted molar refractivity (Wildman–Crippen MR) is 62.9 cm³/mol. The molecule has 0 bridgehead atoms. The second kappa shape index (κ2) is 4.90. The van der Waals surface area contributed by atoms with Crippen LogP contribution in [0.25, 0.3) is 0 Å². The van der Waals surface area contributed by atoms with Gasteiger partial charge < -0.3 is 10.6 Å². The van der Waals surface area contributed by atoms with Gasteiger partial charge in [-0.05, 0) is 18.0 Å². The molecule has 16 heavy (non-hydrogen) atoms. The molecule has 0 unspecified atom stereocenters. The lowest BCUT2D eigenvalue weighted by Gasteiger charge is -2.28. The molecule has 1 aromatic heterocycles. The van der Waals surface area contributed by atoms with Crippen molar-refractivity contribution in [3.8, 4) is 6.07 Å². The third-order valence-electron chi connectivity index (χ3n) is 2.32. The van der Waals surface area contributed by atoms with E-state index in [4.69, 9.17) is 11.0 Å². The highest BCUT2D eigenvalue weighted by Crippen LogP contribution is 2.16. The van der Waals surface area contributed by atoms with Gasteiger partial charge in [-0.2, -0.15) is 5.26 Å². The molecule has 0 atom stereocenters. The first-order valence-electron chi connectivity index (χ1n) is 5.13. The highest BCUT2D eigenvalue weighted by Gasteiger charge is 2.19. The normalized spacial score (nSPS) is 10.9. The number of nitrogens with zero attached hydrogens (tertiary/aromatic N) is 4. The van der Waals surface area contributed by atoms with Gasteiger partial charge in [-0.15, -0.1) is 0 Å². The van der Waals surface area contributed by atoms with Gasteiger partial charge in [0.15, 0.2) is 0 Å². The number of aromatic nitrogens is 2. The Bertz CT molecular complexity index is 394. The molecule has 0 amide bonds. The summed E-state index contributed by atoms with van der Waals surface area (Å²) in [5.41, 5.74) is 6.05. The Kier molecular flexibility index (Phi) is 3.80. The van der Waals surface area contributed by atoms with Crippen LogP contribution in [0, 0.1) is 16.7 Å². The van der Waals surface area contributed by atoms with Gasteiger partial charge in [-0.25, -0.2) is 9.97 Å². The lowest BCUT2D eigenvalue weighted by atomic mass is 9.93. The first kappa shape index (κ1) is 12.4. The number of anilines is 1. The molecule has 0 aliphatic heterocycles. The summed E-state index contributed by atoms with van der Waals surface area (Å²) in [5.74, 6) is 0.556. The Morgan fingerprint density at radius 1 is 1.56 bits per heavy atom. The quantitative estimate of drug-likeness (QED) is 0.809. The number of rotatable bonds is 4. The van der Waals surface area contributed by atoms with Crippen molar-refractivity contribution in [1.29, 1.82) is 5.26 Å². The van der Waals surface area contributed by atoms with Crippen molar-refractivity contribution in [3.63, 3.8) is 0 Å². The lowest BCUT2D eigenvalue weighted by Crippen LogP contribution is -2.37. The summed E-state index contributed by atoms with van der Waals surface area (Å²) in [5, 5.41) is 8.74. The highest BCUT2D eigenvalue weighted by molar-refractivity contribution is 5.32. The zero-order chi connectivity index (χ0) is 12.2. The first-order chi connectivity index (χ1) is 7.48. The summed E-state index contributed by atoms with van der Waals surface area (Å²) >= 11 is 0. The molecule has 2 N–H and O–H groups in total. The molecular weight excluding hydrogens is 202 g/mol. The molecule has 1 rings (SSSR count). The van der Waals surface area contributed by atoms with Gasteiger partial charge in [0.1, 0.15) is 11.8 Å². The van der Waals surface area contributed by atoms with Crippen LogP contribution in [0.4, 0.5) is 5.95 Å². The maximum atomic E-state index is 8.74. The minimum absolute atomic E-state index is 0.000752. The van der Waals surface area contributed by atoms with Crippen LogP contribution in [0.15, 0.2) is 12.3 Å². The SMILES string of the molecule is CN(CC(C)(C)CN)c1nccc(C#N)n1. The minimum Gasteiger partial charge on any atom is -0.343 e. The summed E-state index contributed by atoms with van der Waals surface area (Å²) < 4.78 is 0. The molecular formula is C11H17N5. The highest BCUT2D eigenvalue weighted by atomic mass is 15.2. The molecule has 5 nitrogen and oxygen atoms in total. The van der Waals surface area contributed by atoms with Gasteiger partial charge in [0.25, 0.3) is 0 Å². The van der Waals surface area contributed by atoms with Crippen molar-refractivity contribution < 1.29 is 0 Å². The number of nitriles is 1. The molecule has 0 fully saturated rings. The van der Waals surface area contributed by atoms with Gasteiger partial charge in [-0.3, -0.25) is 0 Å². The van der Waals surface area contributed by atoms with Crippen LogP contribution in [-0.4, -0.2) is 30.1 Å². The largest absolute Gasteiger partial charge is 0.343 e. The van der Waals surface area contributed by atoms with E-state index in [1.54, 1.807) is 12.3 Å². The molecule has 0 aliphatic carbocycles. The maximum absolute atomic E-state index is 8.74. The van der Waals surface area contributed by atoms with Crippen molar-refractivity contribution in [3.05, 3.63) is 18.0 Å². The number of hydrogen-bond donors (Lipinski definition) is 1. The zero-order valence-electron chi connectivity index (χ0n) is 9.94. The monoisotopic (exact) mass is 219 g/mol. The van der Waals surface area contributed by atoms with E-state index in [9.17, 15) is 0 Å². The van der Waals surface area contributed by atoms with Crippen molar-refractivity contribution in [2.45, 2.75) is 13.8 Å². The van der Waals surface area contributed by atoms with Crippen LogP contribution in [0.2, 0.25) is 0 Å². The molecule has 86 valence electrons. The van der Waals surface area contributed by atoms with Crippen LogP contribution in [0.1, 0.15) is 19.5 Å². The van der Waals surface area contributed by atoms with E-state index in [2.05, 4.69) is 23.8 Å². The predicted octanol–water partition coefficient (Wildman–Crippen LogP) is 0.769. The Morgan fingerprint density at radius 3 is 2.81 bits per heavy atom. The van der Waals surface area contributed by atoms with E-state index in [1.165, 1.54) is 0 Å². The minimum atomic E-state index is 0.000752. The summed E-state index contributed by atoms with van der Waals surface area (Å²) in [7, 11) is 1.90. The average molecular weight is 219 g/mol. The van der Waals surface area contributed by atoms with Crippen molar-refractivity contribution in [2.75, 3.05) is 25.0 Å². The Morgan fingerprint density at radius 2 is 2.25 bits per heavy atom. The van der Waals surface area contributed by atoms with Gasteiger partial charge in [0.05, 0.1) is 0 Å². The summed E-state index contributed by atoms with van der Waals surface area (Å²) in [6.45, 7) is 5.50. The van der Waals surface area contributed by atoms with Crippen molar-refractivity contribution in [2.24, 2.45) is 11.1 Å².